The van der Waals surface area contributed by atoms with Crippen LogP contribution in [0.5, 0.6) is 0 Å². The lowest BCUT2D eigenvalue weighted by Gasteiger charge is -2.29. The van der Waals surface area contributed by atoms with Crippen molar-refractivity contribution in [3.8, 4) is 10.7 Å². The van der Waals surface area contributed by atoms with Crippen molar-refractivity contribution in [2.45, 2.75) is 52.1 Å². The third kappa shape index (κ3) is 3.82. The van der Waals surface area contributed by atoms with Gasteiger partial charge in [-0.1, -0.05) is 13.3 Å². The van der Waals surface area contributed by atoms with Gasteiger partial charge in [0, 0.05) is 30.9 Å². The Balaban J connectivity index is 1.51. The minimum absolute atomic E-state index is 0.00732. The summed E-state index contributed by atoms with van der Waals surface area (Å²) in [5.74, 6) is 1.61. The monoisotopic (exact) mass is 419 g/mol. The number of aromatic nitrogens is 3. The second-order valence-corrected chi connectivity index (χ2v) is 9.68. The number of piperidine rings is 1. The summed E-state index contributed by atoms with van der Waals surface area (Å²) in [6.45, 7) is 4.67. The number of nitrogens with zero attached hydrogens (tertiary/aromatic N) is 4. The van der Waals surface area contributed by atoms with E-state index in [1.54, 1.807) is 0 Å². The molecule has 0 radical (unpaired) electrons. The third-order valence-electron chi connectivity index (χ3n) is 6.35. The molecule has 1 fully saturated rings. The van der Waals surface area contributed by atoms with Crippen molar-refractivity contribution in [1.29, 1.82) is 0 Å². The lowest BCUT2D eigenvalue weighted by Crippen LogP contribution is -2.39. The van der Waals surface area contributed by atoms with Crippen molar-refractivity contribution in [1.82, 2.24) is 19.2 Å². The van der Waals surface area contributed by atoms with Crippen LogP contribution in [0.25, 0.3) is 10.7 Å². The zero-order valence-corrected chi connectivity index (χ0v) is 18.3. The van der Waals surface area contributed by atoms with Gasteiger partial charge in [-0.05, 0) is 61.9 Å². The Morgan fingerprint density at radius 1 is 1.36 bits per heavy atom. The average Bonchev–Trinajstić information content (AvgIpc) is 3.24. The molecule has 1 atom stereocenters. The molecule has 2 aromatic rings. The van der Waals surface area contributed by atoms with E-state index in [-0.39, 0.29) is 11.8 Å². The number of thiophene rings is 1. The van der Waals surface area contributed by atoms with Gasteiger partial charge in [0.05, 0.1) is 11.5 Å². The van der Waals surface area contributed by atoms with E-state index >= 15 is 0 Å². The highest BCUT2D eigenvalue weighted by molar-refractivity contribution is 7.71. The quantitative estimate of drug-likeness (QED) is 0.755. The minimum atomic E-state index is -0.177. The van der Waals surface area contributed by atoms with Crippen LogP contribution in [0.4, 0.5) is 0 Å². The van der Waals surface area contributed by atoms with Gasteiger partial charge < -0.3 is 10.3 Å². The van der Waals surface area contributed by atoms with E-state index in [2.05, 4.69) is 17.9 Å². The van der Waals surface area contributed by atoms with E-state index in [9.17, 15) is 4.79 Å². The molecule has 0 spiro atoms. The van der Waals surface area contributed by atoms with E-state index in [1.807, 2.05) is 27.6 Å². The highest BCUT2D eigenvalue weighted by atomic mass is 32.1. The van der Waals surface area contributed by atoms with Crippen molar-refractivity contribution in [3.63, 3.8) is 0 Å². The number of carbonyl (C=O) groups excluding carboxylic acids is 1. The molecule has 0 saturated carbocycles. The molecule has 1 aliphatic carbocycles. The van der Waals surface area contributed by atoms with E-state index in [4.69, 9.17) is 23.1 Å². The van der Waals surface area contributed by atoms with E-state index in [0.29, 0.717) is 6.67 Å². The van der Waals surface area contributed by atoms with Gasteiger partial charge in [-0.25, -0.2) is 4.68 Å². The minimum Gasteiger partial charge on any atom is -0.369 e. The van der Waals surface area contributed by atoms with E-state index < -0.39 is 0 Å². The molecule has 2 aromatic heterocycles. The topological polar surface area (TPSA) is 69.1 Å². The summed E-state index contributed by atoms with van der Waals surface area (Å²) < 4.78 is 4.69. The number of fused-ring (bicyclic) bond motifs is 1. The van der Waals surface area contributed by atoms with Crippen LogP contribution >= 0.6 is 23.6 Å². The summed E-state index contributed by atoms with van der Waals surface area (Å²) in [5.41, 5.74) is 6.95. The van der Waals surface area contributed by atoms with Crippen LogP contribution in [0, 0.1) is 16.6 Å². The van der Waals surface area contributed by atoms with Crippen LogP contribution in [-0.4, -0.2) is 38.2 Å². The van der Waals surface area contributed by atoms with Gasteiger partial charge in [0.15, 0.2) is 10.6 Å². The van der Waals surface area contributed by atoms with Crippen LogP contribution < -0.4 is 5.73 Å². The molecular formula is C20H29N5OS2. The molecule has 0 bridgehead atoms. The zero-order chi connectivity index (χ0) is 19.8. The Kier molecular flexibility index (Phi) is 5.71. The van der Waals surface area contributed by atoms with Crippen molar-refractivity contribution in [2.75, 3.05) is 13.1 Å². The van der Waals surface area contributed by atoms with Gasteiger partial charge in [-0.2, -0.15) is 0 Å². The van der Waals surface area contributed by atoms with E-state index in [1.165, 1.54) is 41.0 Å². The molecule has 1 saturated heterocycles. The molecule has 1 amide bonds. The smallest absolute Gasteiger partial charge is 0.220 e. The van der Waals surface area contributed by atoms with Crippen LogP contribution in [0.3, 0.4) is 0 Å². The largest absolute Gasteiger partial charge is 0.369 e. The SMILES string of the molecule is CCC1CCc2sc(-c3nn(CN4CCC(C(N)=O)CC4)c(=S)n3C)cc2C1. The lowest BCUT2D eigenvalue weighted by atomic mass is 9.87. The van der Waals surface area contributed by atoms with Gasteiger partial charge in [0.25, 0.3) is 0 Å². The summed E-state index contributed by atoms with van der Waals surface area (Å²) in [6.07, 6.45) is 6.59. The Hall–Kier alpha value is -1.51. The molecule has 152 valence electrons. The summed E-state index contributed by atoms with van der Waals surface area (Å²) in [6, 6.07) is 2.33. The van der Waals surface area contributed by atoms with Crippen LogP contribution in [-0.2, 0) is 31.4 Å². The van der Waals surface area contributed by atoms with Crippen LogP contribution in [0.2, 0.25) is 0 Å². The maximum atomic E-state index is 11.4. The highest BCUT2D eigenvalue weighted by Crippen LogP contribution is 2.37. The Bertz CT molecular complexity index is 920. The number of hydrogen-bond donors (Lipinski definition) is 1. The van der Waals surface area contributed by atoms with Gasteiger partial charge in [-0.15, -0.1) is 16.4 Å². The predicted molar refractivity (Wildman–Crippen MR) is 115 cm³/mol. The number of likely N-dealkylation sites (tertiary alicyclic amines) is 1. The molecule has 8 heteroatoms. The molecule has 3 heterocycles. The Morgan fingerprint density at radius 3 is 2.79 bits per heavy atom. The highest BCUT2D eigenvalue weighted by Gasteiger charge is 2.25. The van der Waals surface area contributed by atoms with Gasteiger partial charge in [0.2, 0.25) is 5.91 Å². The maximum Gasteiger partial charge on any atom is 0.220 e. The predicted octanol–water partition coefficient (Wildman–Crippen LogP) is 3.35. The fraction of sp³-hybridized carbons (Fsp3) is 0.650. The van der Waals surface area contributed by atoms with E-state index in [0.717, 1.165) is 42.4 Å². The molecule has 6 nitrogen and oxygen atoms in total. The second-order valence-electron chi connectivity index (χ2n) is 8.18. The Labute approximate surface area is 175 Å². The number of primary amides is 1. The summed E-state index contributed by atoms with van der Waals surface area (Å²) in [5, 5.41) is 4.86. The van der Waals surface area contributed by atoms with Gasteiger partial charge >= 0.3 is 0 Å². The first-order valence-electron chi connectivity index (χ1n) is 10.2. The average molecular weight is 420 g/mol. The van der Waals surface area contributed by atoms with Crippen molar-refractivity contribution in [2.24, 2.45) is 24.6 Å². The first-order chi connectivity index (χ1) is 13.5. The summed E-state index contributed by atoms with van der Waals surface area (Å²) in [4.78, 5) is 16.4. The fourth-order valence-corrected chi connectivity index (χ4v) is 5.81. The fourth-order valence-electron chi connectivity index (χ4n) is 4.40. The number of nitrogens with two attached hydrogens (primary N) is 1. The number of rotatable bonds is 5. The van der Waals surface area contributed by atoms with Crippen molar-refractivity contribution >= 4 is 29.5 Å². The third-order valence-corrected chi connectivity index (χ3v) is 8.07. The van der Waals surface area contributed by atoms with Gasteiger partial charge in [-0.3, -0.25) is 9.69 Å². The Morgan fingerprint density at radius 2 is 2.11 bits per heavy atom. The van der Waals surface area contributed by atoms with Gasteiger partial charge in [0.1, 0.15) is 0 Å². The first-order valence-corrected chi connectivity index (χ1v) is 11.5. The molecule has 2 N–H and O–H groups in total. The standard InChI is InChI=1S/C20H29N5OS2/c1-3-13-4-5-16-15(10-13)11-17(28-16)19-22-25(20(27)23(19)2)12-24-8-6-14(7-9-24)18(21)26/h11,13-14H,3-10,12H2,1-2H3,(H2,21,26). The second kappa shape index (κ2) is 8.08. The lowest BCUT2D eigenvalue weighted by molar-refractivity contribution is -0.123. The van der Waals surface area contributed by atoms with Crippen molar-refractivity contribution in [3.05, 3.63) is 21.3 Å². The summed E-state index contributed by atoms with van der Waals surface area (Å²) >= 11 is 7.54. The van der Waals surface area contributed by atoms with Crippen LogP contribution in [0.15, 0.2) is 6.07 Å². The number of aryl methyl sites for hydroxylation is 1. The molecular weight excluding hydrogens is 390 g/mol. The molecule has 4 rings (SSSR count). The maximum absolute atomic E-state index is 11.4. The number of hydrogen-bond acceptors (Lipinski definition) is 5. The molecule has 0 aromatic carbocycles. The molecule has 1 unspecified atom stereocenters. The molecule has 28 heavy (non-hydrogen) atoms. The number of amides is 1. The molecule has 1 aliphatic heterocycles. The number of carbonyl (C=O) groups is 1. The normalized spacial score (nSPS) is 21.0. The summed E-state index contributed by atoms with van der Waals surface area (Å²) in [7, 11) is 2.01. The zero-order valence-electron chi connectivity index (χ0n) is 16.7. The van der Waals surface area contributed by atoms with Crippen molar-refractivity contribution < 1.29 is 4.79 Å². The molecule has 2 aliphatic rings. The van der Waals surface area contributed by atoms with Crippen LogP contribution in [0.1, 0.15) is 43.0 Å². The first kappa shape index (κ1) is 19.8.